The van der Waals surface area contributed by atoms with Gasteiger partial charge in [-0.15, -0.1) is 0 Å². The summed E-state index contributed by atoms with van der Waals surface area (Å²) in [7, 11) is 1.41. The largest absolute Gasteiger partial charge is 0.493 e. The SMILES string of the molecule is CCCCCCCCCCCCOc1ccc2ccccc2c1C(=O)OC. The Balaban J connectivity index is 1.74. The highest BCUT2D eigenvalue weighted by Gasteiger charge is 2.17. The first-order chi connectivity index (χ1) is 13.3. The van der Waals surface area contributed by atoms with Crippen LogP contribution < -0.4 is 4.74 Å². The van der Waals surface area contributed by atoms with Gasteiger partial charge in [-0.2, -0.15) is 0 Å². The van der Waals surface area contributed by atoms with Crippen LogP contribution in [-0.2, 0) is 4.74 Å². The molecule has 0 aliphatic carbocycles. The van der Waals surface area contributed by atoms with Crippen LogP contribution in [0.2, 0.25) is 0 Å². The van der Waals surface area contributed by atoms with Gasteiger partial charge in [0.25, 0.3) is 0 Å². The van der Waals surface area contributed by atoms with Crippen molar-refractivity contribution in [2.75, 3.05) is 13.7 Å². The predicted octanol–water partition coefficient (Wildman–Crippen LogP) is 6.93. The van der Waals surface area contributed by atoms with Crippen LogP contribution >= 0.6 is 0 Å². The summed E-state index contributed by atoms with van der Waals surface area (Å²) < 4.78 is 10.9. The fourth-order valence-electron chi connectivity index (χ4n) is 3.46. The van der Waals surface area contributed by atoms with Crippen molar-refractivity contribution in [2.45, 2.75) is 71.1 Å². The van der Waals surface area contributed by atoms with E-state index in [1.54, 1.807) is 0 Å². The molecule has 0 aromatic heterocycles. The molecule has 0 unspecified atom stereocenters. The number of esters is 1. The van der Waals surface area contributed by atoms with Gasteiger partial charge in [-0.05, 0) is 23.3 Å². The first-order valence-corrected chi connectivity index (χ1v) is 10.5. The van der Waals surface area contributed by atoms with Crippen molar-refractivity contribution in [1.29, 1.82) is 0 Å². The van der Waals surface area contributed by atoms with Gasteiger partial charge >= 0.3 is 5.97 Å². The number of methoxy groups -OCH3 is 1. The van der Waals surface area contributed by atoms with Crippen LogP contribution in [0.25, 0.3) is 10.8 Å². The lowest BCUT2D eigenvalue weighted by molar-refractivity contribution is 0.0598. The van der Waals surface area contributed by atoms with Gasteiger partial charge in [0.15, 0.2) is 0 Å². The second-order valence-corrected chi connectivity index (χ2v) is 7.18. The van der Waals surface area contributed by atoms with Gasteiger partial charge < -0.3 is 9.47 Å². The number of carbonyl (C=O) groups is 1. The van der Waals surface area contributed by atoms with Crippen LogP contribution in [0.5, 0.6) is 5.75 Å². The fourth-order valence-corrected chi connectivity index (χ4v) is 3.46. The molecule has 2 rings (SSSR count). The first kappa shape index (κ1) is 21.3. The average molecular weight is 371 g/mol. The molecule has 0 saturated heterocycles. The number of ether oxygens (including phenoxy) is 2. The summed E-state index contributed by atoms with van der Waals surface area (Å²) in [6.07, 6.45) is 13.0. The minimum absolute atomic E-state index is 0.343. The summed E-state index contributed by atoms with van der Waals surface area (Å²) >= 11 is 0. The molecule has 3 heteroatoms. The Morgan fingerprint density at radius 2 is 1.44 bits per heavy atom. The molecule has 0 amide bonds. The van der Waals surface area contributed by atoms with Crippen molar-refractivity contribution in [1.82, 2.24) is 0 Å². The number of benzene rings is 2. The van der Waals surface area contributed by atoms with Gasteiger partial charge in [-0.25, -0.2) is 4.79 Å². The van der Waals surface area contributed by atoms with Gasteiger partial charge in [-0.1, -0.05) is 95.0 Å². The molecular formula is C24H34O3. The zero-order valence-corrected chi connectivity index (χ0v) is 17.0. The van der Waals surface area contributed by atoms with Crippen LogP contribution in [0, 0.1) is 0 Å². The highest BCUT2D eigenvalue weighted by molar-refractivity contribution is 6.07. The Morgan fingerprint density at radius 1 is 0.815 bits per heavy atom. The van der Waals surface area contributed by atoms with Crippen LogP contribution in [0.4, 0.5) is 0 Å². The van der Waals surface area contributed by atoms with Crippen molar-refractivity contribution in [2.24, 2.45) is 0 Å². The molecule has 2 aromatic rings. The van der Waals surface area contributed by atoms with Crippen LogP contribution in [0.3, 0.4) is 0 Å². The molecule has 0 aliphatic heterocycles. The number of rotatable bonds is 13. The molecule has 0 fully saturated rings. The third-order valence-corrected chi connectivity index (χ3v) is 5.04. The minimum Gasteiger partial charge on any atom is -0.493 e. The molecule has 0 N–H and O–H groups in total. The topological polar surface area (TPSA) is 35.5 Å². The normalized spacial score (nSPS) is 10.9. The molecular weight excluding hydrogens is 336 g/mol. The van der Waals surface area contributed by atoms with Crippen LogP contribution in [0.15, 0.2) is 36.4 Å². The summed E-state index contributed by atoms with van der Waals surface area (Å²) in [5.74, 6) is 0.279. The van der Waals surface area contributed by atoms with Crippen molar-refractivity contribution < 1.29 is 14.3 Å². The quantitative estimate of drug-likeness (QED) is 0.283. The van der Waals surface area contributed by atoms with E-state index >= 15 is 0 Å². The van der Waals surface area contributed by atoms with Gasteiger partial charge in [0, 0.05) is 0 Å². The van der Waals surface area contributed by atoms with Crippen LogP contribution in [0.1, 0.15) is 81.5 Å². The number of carbonyl (C=O) groups excluding carboxylic acids is 1. The Morgan fingerprint density at radius 3 is 2.11 bits per heavy atom. The maximum atomic E-state index is 12.2. The molecule has 0 radical (unpaired) electrons. The lowest BCUT2D eigenvalue weighted by Crippen LogP contribution is -2.07. The van der Waals surface area contributed by atoms with Crippen molar-refractivity contribution >= 4 is 16.7 Å². The van der Waals surface area contributed by atoms with E-state index < -0.39 is 0 Å². The molecule has 0 atom stereocenters. The maximum absolute atomic E-state index is 12.2. The molecule has 0 bridgehead atoms. The summed E-state index contributed by atoms with van der Waals surface area (Å²) in [6, 6.07) is 11.7. The summed E-state index contributed by atoms with van der Waals surface area (Å²) in [5.41, 5.74) is 0.530. The second-order valence-electron chi connectivity index (χ2n) is 7.18. The first-order valence-electron chi connectivity index (χ1n) is 10.5. The van der Waals surface area contributed by atoms with E-state index in [2.05, 4.69) is 6.92 Å². The third-order valence-electron chi connectivity index (χ3n) is 5.04. The molecule has 0 aliphatic rings. The number of hydrogen-bond donors (Lipinski definition) is 0. The maximum Gasteiger partial charge on any atom is 0.342 e. The number of unbranched alkanes of at least 4 members (excludes halogenated alkanes) is 9. The van der Waals surface area contributed by atoms with Gasteiger partial charge in [0.2, 0.25) is 0 Å². The van der Waals surface area contributed by atoms with E-state index in [1.165, 1.54) is 64.9 Å². The predicted molar refractivity (Wildman–Crippen MR) is 113 cm³/mol. The highest BCUT2D eigenvalue weighted by Crippen LogP contribution is 2.29. The van der Waals surface area contributed by atoms with Crippen molar-refractivity contribution in [3.8, 4) is 5.75 Å². The molecule has 27 heavy (non-hydrogen) atoms. The molecule has 0 heterocycles. The molecule has 148 valence electrons. The monoisotopic (exact) mass is 370 g/mol. The average Bonchev–Trinajstić information content (AvgIpc) is 2.71. The van der Waals surface area contributed by atoms with E-state index in [0.717, 1.165) is 17.2 Å². The smallest absolute Gasteiger partial charge is 0.342 e. The van der Waals surface area contributed by atoms with Gasteiger partial charge in [0.05, 0.1) is 13.7 Å². The Kier molecular flexibility index (Phi) is 9.75. The zero-order chi connectivity index (χ0) is 19.3. The fraction of sp³-hybridized carbons (Fsp3) is 0.542. The number of fused-ring (bicyclic) bond motifs is 1. The van der Waals surface area contributed by atoms with E-state index in [0.29, 0.717) is 17.9 Å². The summed E-state index contributed by atoms with van der Waals surface area (Å²) in [4.78, 5) is 12.2. The summed E-state index contributed by atoms with van der Waals surface area (Å²) in [5, 5.41) is 1.90. The van der Waals surface area contributed by atoms with Gasteiger partial charge in [-0.3, -0.25) is 0 Å². The van der Waals surface area contributed by atoms with E-state index in [1.807, 2.05) is 36.4 Å². The zero-order valence-electron chi connectivity index (χ0n) is 17.0. The molecule has 0 saturated carbocycles. The lowest BCUT2D eigenvalue weighted by Gasteiger charge is -2.13. The Labute approximate surface area is 164 Å². The van der Waals surface area contributed by atoms with E-state index in [-0.39, 0.29) is 5.97 Å². The van der Waals surface area contributed by atoms with Crippen LogP contribution in [-0.4, -0.2) is 19.7 Å². The summed E-state index contributed by atoms with van der Waals surface area (Å²) in [6.45, 7) is 2.90. The lowest BCUT2D eigenvalue weighted by atomic mass is 10.0. The third kappa shape index (κ3) is 6.89. The second kappa shape index (κ2) is 12.4. The highest BCUT2D eigenvalue weighted by atomic mass is 16.5. The molecule has 2 aromatic carbocycles. The molecule has 0 spiro atoms. The number of hydrogen-bond acceptors (Lipinski definition) is 3. The Hall–Kier alpha value is -2.03. The minimum atomic E-state index is -0.343. The van der Waals surface area contributed by atoms with Crippen molar-refractivity contribution in [3.05, 3.63) is 42.0 Å². The van der Waals surface area contributed by atoms with E-state index in [9.17, 15) is 4.79 Å². The van der Waals surface area contributed by atoms with Gasteiger partial charge in [0.1, 0.15) is 11.3 Å². The van der Waals surface area contributed by atoms with Crippen molar-refractivity contribution in [3.63, 3.8) is 0 Å². The molecule has 3 nitrogen and oxygen atoms in total. The van der Waals surface area contributed by atoms with E-state index in [4.69, 9.17) is 9.47 Å². The Bertz CT molecular complexity index is 693. The standard InChI is InChI=1S/C24H34O3/c1-3-4-5-6-7-8-9-10-11-14-19-27-22-18-17-20-15-12-13-16-21(20)23(22)24(25)26-2/h12-13,15-18H,3-11,14,19H2,1-2H3.